The van der Waals surface area contributed by atoms with Gasteiger partial charge in [0.15, 0.2) is 6.71 Å². The van der Waals surface area contributed by atoms with Gasteiger partial charge in [0, 0.05) is 0 Å². The Labute approximate surface area is 164 Å². The van der Waals surface area contributed by atoms with Crippen LogP contribution in [0.5, 0.6) is 5.75 Å². The zero-order valence-corrected chi connectivity index (χ0v) is 16.8. The highest BCUT2D eigenvalue weighted by Gasteiger charge is 2.42. The predicted octanol–water partition coefficient (Wildman–Crippen LogP) is 7.16. The van der Waals surface area contributed by atoms with Crippen molar-refractivity contribution in [2.75, 3.05) is 7.11 Å². The molecule has 0 atom stereocenters. The van der Waals surface area contributed by atoms with Crippen LogP contribution in [-0.4, -0.2) is 13.8 Å². The third kappa shape index (κ3) is 3.72. The fraction of sp³-hybridized carbons (Fsp3) is 0.440. The molecular weight excluding hydrogens is 327 g/mol. The molecule has 0 aliphatic carbocycles. The van der Waals surface area contributed by atoms with Gasteiger partial charge in [-0.1, -0.05) is 105 Å². The van der Waals surface area contributed by atoms with Crippen molar-refractivity contribution >= 4 is 17.8 Å². The zero-order chi connectivity index (χ0) is 18.6. The number of fused-ring (bicyclic) bond motifs is 2. The first-order valence-corrected chi connectivity index (χ1v) is 10.7. The van der Waals surface area contributed by atoms with E-state index in [9.17, 15) is 0 Å². The van der Waals surface area contributed by atoms with E-state index in [0.29, 0.717) is 0 Å². The lowest BCUT2D eigenvalue weighted by Crippen LogP contribution is -2.36. The molecule has 2 fully saturated rings. The minimum Gasteiger partial charge on any atom is -0.497 e. The summed E-state index contributed by atoms with van der Waals surface area (Å²) in [6.45, 7) is 3.05. The van der Waals surface area contributed by atoms with Crippen LogP contribution in [0.25, 0.3) is 11.0 Å². The molecule has 140 valence electrons. The molecule has 2 aliphatic heterocycles. The molecule has 2 heterocycles. The molecule has 0 radical (unpaired) electrons. The van der Waals surface area contributed by atoms with Gasteiger partial charge in [0.1, 0.15) is 5.75 Å². The lowest BCUT2D eigenvalue weighted by molar-refractivity contribution is 0.415. The van der Waals surface area contributed by atoms with Crippen LogP contribution in [0.3, 0.4) is 0 Å². The van der Waals surface area contributed by atoms with Crippen molar-refractivity contribution in [1.29, 1.82) is 0 Å². The normalized spacial score (nSPS) is 23.0. The second-order valence-electron chi connectivity index (χ2n) is 8.25. The summed E-state index contributed by atoms with van der Waals surface area (Å²) in [6, 6.07) is 19.9. The van der Waals surface area contributed by atoms with Crippen molar-refractivity contribution < 1.29 is 4.74 Å². The molecule has 0 amide bonds. The first-order chi connectivity index (χ1) is 13.3. The number of rotatable bonds is 5. The number of hydrogen-bond acceptors (Lipinski definition) is 1. The third-order valence-corrected chi connectivity index (χ3v) is 6.85. The lowest BCUT2D eigenvalue weighted by atomic mass is 9.23. The van der Waals surface area contributed by atoms with E-state index in [4.69, 9.17) is 4.74 Å². The predicted molar refractivity (Wildman–Crippen MR) is 117 cm³/mol. The van der Waals surface area contributed by atoms with E-state index in [0.717, 1.165) is 30.5 Å². The van der Waals surface area contributed by atoms with E-state index >= 15 is 0 Å². The monoisotopic (exact) mass is 358 g/mol. The van der Waals surface area contributed by atoms with Gasteiger partial charge in [-0.15, -0.1) is 0 Å². The van der Waals surface area contributed by atoms with Crippen molar-refractivity contribution in [3.8, 4) is 5.75 Å². The first-order valence-electron chi connectivity index (χ1n) is 10.7. The highest BCUT2D eigenvalue weighted by atomic mass is 16.5. The van der Waals surface area contributed by atoms with Crippen LogP contribution in [0.2, 0.25) is 11.6 Å². The smallest absolute Gasteiger partial charge is 0.183 e. The van der Waals surface area contributed by atoms with E-state index in [1.165, 1.54) is 55.2 Å². The van der Waals surface area contributed by atoms with E-state index in [2.05, 4.69) is 61.5 Å². The number of allylic oxidation sites excluding steroid dienone is 1. The standard InChI is InChI=1S/C25H31BO/c1-3-24(19-15-17-23(27-2)18-16-19)25(20-9-5-4-6-10-20)26-21-11-7-12-22(26)14-8-13-21/h4-6,9-10,15-18,21-22H,3,7-8,11-14H2,1-2H3/b25-24-. The molecular formula is C25H31BO. The molecule has 0 spiro atoms. The molecule has 2 bridgehead atoms. The third-order valence-electron chi connectivity index (χ3n) is 6.85. The summed E-state index contributed by atoms with van der Waals surface area (Å²) in [5.41, 5.74) is 5.97. The Kier molecular flexibility index (Phi) is 5.71. The average molecular weight is 358 g/mol. The second-order valence-corrected chi connectivity index (χ2v) is 8.25. The van der Waals surface area contributed by atoms with E-state index in [1.54, 1.807) is 12.6 Å². The van der Waals surface area contributed by atoms with Gasteiger partial charge in [-0.05, 0) is 35.3 Å². The Bertz CT molecular complexity index is 756. The molecule has 2 saturated heterocycles. The molecule has 0 N–H and O–H groups in total. The van der Waals surface area contributed by atoms with Gasteiger partial charge in [-0.3, -0.25) is 0 Å². The summed E-state index contributed by atoms with van der Waals surface area (Å²) in [7, 11) is 1.74. The van der Waals surface area contributed by atoms with E-state index in [1.807, 2.05) is 0 Å². The van der Waals surface area contributed by atoms with Crippen LogP contribution in [0.15, 0.2) is 54.6 Å². The molecule has 2 aromatic rings. The summed E-state index contributed by atoms with van der Waals surface area (Å²) in [5.74, 6) is 2.67. The van der Waals surface area contributed by atoms with Gasteiger partial charge in [0.2, 0.25) is 0 Å². The Balaban J connectivity index is 1.86. The Morgan fingerprint density at radius 1 is 0.852 bits per heavy atom. The van der Waals surface area contributed by atoms with Crippen molar-refractivity contribution in [3.63, 3.8) is 0 Å². The molecule has 0 unspecified atom stereocenters. The Hall–Kier alpha value is -1.96. The van der Waals surface area contributed by atoms with Gasteiger partial charge in [0.05, 0.1) is 7.11 Å². The fourth-order valence-corrected chi connectivity index (χ4v) is 5.68. The van der Waals surface area contributed by atoms with Crippen LogP contribution < -0.4 is 4.74 Å². The fourth-order valence-electron chi connectivity index (χ4n) is 5.68. The maximum absolute atomic E-state index is 5.39. The van der Waals surface area contributed by atoms with Crippen molar-refractivity contribution in [2.24, 2.45) is 0 Å². The minimum atomic E-state index is 0.729. The largest absolute Gasteiger partial charge is 0.497 e. The minimum absolute atomic E-state index is 0.729. The van der Waals surface area contributed by atoms with E-state index in [-0.39, 0.29) is 0 Å². The molecule has 4 rings (SSSR count). The van der Waals surface area contributed by atoms with E-state index < -0.39 is 0 Å². The van der Waals surface area contributed by atoms with Crippen LogP contribution in [0.1, 0.15) is 63.0 Å². The van der Waals surface area contributed by atoms with Gasteiger partial charge in [0.25, 0.3) is 0 Å². The van der Waals surface area contributed by atoms with Crippen molar-refractivity contribution in [1.82, 2.24) is 0 Å². The summed E-state index contributed by atoms with van der Waals surface area (Å²) in [6.07, 6.45) is 9.59. The SMILES string of the molecule is CC/C(=C(/B1C2CCCC1CCC2)c1ccccc1)c1ccc(OC)cc1. The Morgan fingerprint density at radius 3 is 1.96 bits per heavy atom. The highest BCUT2D eigenvalue weighted by Crippen LogP contribution is 2.52. The second kappa shape index (κ2) is 8.38. The number of benzene rings is 2. The zero-order valence-electron chi connectivity index (χ0n) is 16.8. The topological polar surface area (TPSA) is 9.23 Å². The molecule has 2 aromatic carbocycles. The number of methoxy groups -OCH3 is 1. The average Bonchev–Trinajstić information content (AvgIpc) is 2.72. The lowest BCUT2D eigenvalue weighted by Gasteiger charge is -2.42. The van der Waals surface area contributed by atoms with Crippen molar-refractivity contribution in [2.45, 2.75) is 63.5 Å². The molecule has 0 saturated carbocycles. The molecule has 1 nitrogen and oxygen atoms in total. The summed E-state index contributed by atoms with van der Waals surface area (Å²) >= 11 is 0. The quantitative estimate of drug-likeness (QED) is 0.407. The van der Waals surface area contributed by atoms with Crippen LogP contribution in [-0.2, 0) is 0 Å². The number of ether oxygens (including phenoxy) is 1. The molecule has 2 heteroatoms. The van der Waals surface area contributed by atoms with Crippen LogP contribution in [0, 0.1) is 0 Å². The highest BCUT2D eigenvalue weighted by molar-refractivity contribution is 6.83. The summed E-state index contributed by atoms with van der Waals surface area (Å²) in [5, 5.41) is 0. The van der Waals surface area contributed by atoms with Gasteiger partial charge < -0.3 is 4.74 Å². The van der Waals surface area contributed by atoms with Crippen LogP contribution in [0.4, 0.5) is 0 Å². The molecule has 2 aliphatic rings. The Morgan fingerprint density at radius 2 is 1.44 bits per heavy atom. The molecule has 0 aromatic heterocycles. The maximum Gasteiger partial charge on any atom is 0.183 e. The molecule has 27 heavy (non-hydrogen) atoms. The first kappa shape index (κ1) is 18.4. The van der Waals surface area contributed by atoms with Gasteiger partial charge in [-0.2, -0.15) is 0 Å². The van der Waals surface area contributed by atoms with Crippen molar-refractivity contribution in [3.05, 3.63) is 65.7 Å². The summed E-state index contributed by atoms with van der Waals surface area (Å²) < 4.78 is 5.39. The van der Waals surface area contributed by atoms with Gasteiger partial charge in [-0.25, -0.2) is 0 Å². The van der Waals surface area contributed by atoms with Crippen LogP contribution >= 0.6 is 0 Å². The summed E-state index contributed by atoms with van der Waals surface area (Å²) in [4.78, 5) is 0. The van der Waals surface area contributed by atoms with Gasteiger partial charge >= 0.3 is 0 Å². The maximum atomic E-state index is 5.39. The number of hydrogen-bond donors (Lipinski definition) is 0.